The van der Waals surface area contributed by atoms with E-state index in [9.17, 15) is 50.2 Å². The van der Waals surface area contributed by atoms with Gasteiger partial charge in [-0.15, -0.1) is 0 Å². The predicted molar refractivity (Wildman–Crippen MR) is 163 cm³/mol. The Bertz CT molecular complexity index is 1450. The van der Waals surface area contributed by atoms with E-state index in [2.05, 4.69) is 0 Å². The quantitative estimate of drug-likeness (QED) is 0.305. The molecule has 4 rings (SSSR count). The molecule has 1 N–H and O–H groups in total. The molecular formula is C33H39F7N4O4. The summed E-state index contributed by atoms with van der Waals surface area (Å²) >= 11 is 0. The second-order valence-corrected chi connectivity index (χ2v) is 12.7. The fourth-order valence-corrected chi connectivity index (χ4v) is 6.99. The Kier molecular flexibility index (Phi) is 10.9. The number of likely N-dealkylation sites (N-methyl/N-ethyl adjacent to an activating group) is 1. The van der Waals surface area contributed by atoms with E-state index in [0.29, 0.717) is 54.8 Å². The van der Waals surface area contributed by atoms with Crippen molar-refractivity contribution in [3.05, 3.63) is 65.0 Å². The van der Waals surface area contributed by atoms with Crippen LogP contribution in [0.5, 0.6) is 0 Å². The number of halogens is 7. The number of hydrogen-bond donors (Lipinski definition) is 1. The molecule has 0 spiro atoms. The molecule has 0 aromatic heterocycles. The van der Waals surface area contributed by atoms with Crippen LogP contribution in [-0.4, -0.2) is 83.7 Å². The summed E-state index contributed by atoms with van der Waals surface area (Å²) < 4.78 is 95.0. The highest BCUT2D eigenvalue weighted by molar-refractivity contribution is 5.92. The lowest BCUT2D eigenvalue weighted by Gasteiger charge is -2.40. The normalized spacial score (nSPS) is 23.1. The molecule has 2 aromatic rings. The number of nitrogens with zero attached hydrogens (tertiary/aromatic N) is 4. The van der Waals surface area contributed by atoms with Crippen molar-refractivity contribution in [2.24, 2.45) is 11.8 Å². The van der Waals surface area contributed by atoms with Gasteiger partial charge in [-0.25, -0.2) is 14.0 Å². The topological polar surface area (TPSA) is 84.4 Å². The molecule has 48 heavy (non-hydrogen) atoms. The number of carboxylic acid groups (broad SMARTS) is 1. The number of likely N-dealkylation sites (tertiary alicyclic amines) is 1. The van der Waals surface area contributed by atoms with Gasteiger partial charge in [-0.3, -0.25) is 9.69 Å². The largest absolute Gasteiger partial charge is 0.465 e. The van der Waals surface area contributed by atoms with E-state index in [-0.39, 0.29) is 37.0 Å². The Morgan fingerprint density at radius 3 is 1.98 bits per heavy atom. The lowest BCUT2D eigenvalue weighted by molar-refractivity contribution is -0.143. The van der Waals surface area contributed by atoms with Crippen molar-refractivity contribution in [3.8, 4) is 0 Å². The van der Waals surface area contributed by atoms with Gasteiger partial charge in [0.25, 0.3) is 0 Å². The first-order chi connectivity index (χ1) is 22.3. The van der Waals surface area contributed by atoms with Crippen molar-refractivity contribution in [2.75, 3.05) is 38.6 Å². The zero-order chi connectivity index (χ0) is 35.7. The van der Waals surface area contributed by atoms with Gasteiger partial charge in [-0.05, 0) is 67.5 Å². The van der Waals surface area contributed by atoms with Gasteiger partial charge in [0.05, 0.1) is 17.2 Å². The fourth-order valence-electron chi connectivity index (χ4n) is 6.99. The van der Waals surface area contributed by atoms with Gasteiger partial charge in [0, 0.05) is 57.3 Å². The molecule has 1 aliphatic heterocycles. The van der Waals surface area contributed by atoms with Gasteiger partial charge in [-0.2, -0.15) is 26.3 Å². The molecule has 4 amide bonds. The Labute approximate surface area is 274 Å². The van der Waals surface area contributed by atoms with Crippen LogP contribution in [0.4, 0.5) is 46.0 Å². The molecule has 8 nitrogen and oxygen atoms in total. The number of hydrogen-bond acceptors (Lipinski definition) is 3. The summed E-state index contributed by atoms with van der Waals surface area (Å²) in [5.41, 5.74) is -3.17. The molecule has 2 aromatic carbocycles. The molecule has 0 bridgehead atoms. The Hall–Kier alpha value is -4.04. The van der Waals surface area contributed by atoms with E-state index in [4.69, 9.17) is 0 Å². The third-order valence-corrected chi connectivity index (χ3v) is 9.53. The van der Waals surface area contributed by atoms with Crippen molar-refractivity contribution in [1.82, 2.24) is 14.7 Å². The number of carbonyl (C=O) groups excluding carboxylic acids is 2. The lowest BCUT2D eigenvalue weighted by atomic mass is 9.77. The van der Waals surface area contributed by atoms with Crippen molar-refractivity contribution >= 4 is 23.7 Å². The summed E-state index contributed by atoms with van der Waals surface area (Å²) in [6, 6.07) is 4.46. The minimum Gasteiger partial charge on any atom is -0.465 e. The number of amides is 4. The molecule has 3 unspecified atom stereocenters. The fraction of sp³-hybridized carbons (Fsp3) is 0.545. The molecule has 1 saturated heterocycles. The first-order valence-electron chi connectivity index (χ1n) is 15.7. The van der Waals surface area contributed by atoms with Crippen LogP contribution < -0.4 is 4.90 Å². The summed E-state index contributed by atoms with van der Waals surface area (Å²) in [5, 5.41) is 9.70. The van der Waals surface area contributed by atoms with Gasteiger partial charge in [-0.1, -0.05) is 26.0 Å². The van der Waals surface area contributed by atoms with Gasteiger partial charge in [0.2, 0.25) is 5.91 Å². The number of urea groups is 1. The van der Waals surface area contributed by atoms with Crippen LogP contribution in [0.1, 0.15) is 62.1 Å². The first kappa shape index (κ1) is 36.8. The number of benzene rings is 2. The third-order valence-electron chi connectivity index (χ3n) is 9.53. The summed E-state index contributed by atoms with van der Waals surface area (Å²) in [6.07, 6.45) is -9.21. The van der Waals surface area contributed by atoms with Gasteiger partial charge in [0.1, 0.15) is 5.82 Å². The van der Waals surface area contributed by atoms with Crippen LogP contribution >= 0.6 is 0 Å². The van der Waals surface area contributed by atoms with Crippen LogP contribution in [0.3, 0.4) is 0 Å². The van der Waals surface area contributed by atoms with E-state index < -0.39 is 65.0 Å². The molecule has 1 saturated carbocycles. The second-order valence-electron chi connectivity index (χ2n) is 12.7. The van der Waals surface area contributed by atoms with Crippen molar-refractivity contribution < 1.29 is 50.2 Å². The van der Waals surface area contributed by atoms with Crippen molar-refractivity contribution in [2.45, 2.75) is 69.9 Å². The van der Waals surface area contributed by atoms with E-state index in [1.807, 2.05) is 13.8 Å². The third kappa shape index (κ3) is 7.97. The van der Waals surface area contributed by atoms with Crippen LogP contribution in [0.15, 0.2) is 42.5 Å². The average Bonchev–Trinajstić information content (AvgIpc) is 3.47. The van der Waals surface area contributed by atoms with Gasteiger partial charge < -0.3 is 19.8 Å². The zero-order valence-corrected chi connectivity index (χ0v) is 27.0. The molecule has 2 aliphatic rings. The molecule has 1 aliphatic carbocycles. The summed E-state index contributed by atoms with van der Waals surface area (Å²) in [7, 11) is 2.42. The van der Waals surface area contributed by atoms with E-state index >= 15 is 0 Å². The van der Waals surface area contributed by atoms with E-state index in [0.717, 1.165) is 7.05 Å². The summed E-state index contributed by atoms with van der Waals surface area (Å²) in [5.74, 6) is -1.79. The molecule has 5 atom stereocenters. The summed E-state index contributed by atoms with van der Waals surface area (Å²) in [6.45, 7) is 4.31. The first-order valence-corrected chi connectivity index (χ1v) is 15.7. The number of carbonyl (C=O) groups is 3. The van der Waals surface area contributed by atoms with Gasteiger partial charge in [0.15, 0.2) is 0 Å². The molecular weight excluding hydrogens is 649 g/mol. The monoisotopic (exact) mass is 688 g/mol. The highest BCUT2D eigenvalue weighted by Gasteiger charge is 2.45. The van der Waals surface area contributed by atoms with E-state index in [1.54, 1.807) is 4.90 Å². The maximum atomic E-state index is 13.9. The average molecular weight is 689 g/mol. The Morgan fingerprint density at radius 2 is 1.48 bits per heavy atom. The maximum Gasteiger partial charge on any atom is 0.416 e. The Balaban J connectivity index is 1.59. The number of rotatable bonds is 7. The molecule has 0 radical (unpaired) electrons. The SMILES string of the molecule is CCCN(C(=O)O)C1CCC(C(=O)N2C[C@@H](N(C)C(=O)N(C)c3cc(C(F)(F)F)cc(C(F)(F)F)c3)[C@H](c3ccc(F)cc3)C2)CC1C. The number of anilines is 1. The highest BCUT2D eigenvalue weighted by atomic mass is 19.4. The van der Waals surface area contributed by atoms with Crippen LogP contribution in [-0.2, 0) is 17.1 Å². The highest BCUT2D eigenvalue weighted by Crippen LogP contribution is 2.40. The van der Waals surface area contributed by atoms with E-state index in [1.165, 1.54) is 41.1 Å². The second kappa shape index (κ2) is 14.2. The van der Waals surface area contributed by atoms with Crippen LogP contribution in [0.25, 0.3) is 0 Å². The lowest BCUT2D eigenvalue weighted by Crippen LogP contribution is -2.49. The molecule has 2 fully saturated rings. The number of alkyl halides is 6. The van der Waals surface area contributed by atoms with Crippen molar-refractivity contribution in [1.29, 1.82) is 0 Å². The van der Waals surface area contributed by atoms with Gasteiger partial charge >= 0.3 is 24.5 Å². The smallest absolute Gasteiger partial charge is 0.416 e. The molecule has 264 valence electrons. The predicted octanol–water partition coefficient (Wildman–Crippen LogP) is 7.54. The standard InChI is InChI=1S/C33H39F7N4O4/c1-5-12-44(31(47)48)27-11-8-21(13-19(27)2)29(45)43-17-26(20-6-9-24(34)10-7-20)28(18-43)42(4)30(46)41(3)25-15-22(32(35,36)37)14-23(16-25)33(38,39)40/h6-7,9-10,14-16,19,21,26-28H,5,8,11-13,17-18H2,1-4H3,(H,47,48)/t19?,21?,26-,27?,28+/m0/s1. The van der Waals surface area contributed by atoms with Crippen LogP contribution in [0.2, 0.25) is 0 Å². The van der Waals surface area contributed by atoms with Crippen LogP contribution in [0, 0.1) is 17.7 Å². The minimum atomic E-state index is -5.11. The Morgan fingerprint density at radius 1 is 0.896 bits per heavy atom. The summed E-state index contributed by atoms with van der Waals surface area (Å²) in [4.78, 5) is 44.3. The molecule has 1 heterocycles. The maximum absolute atomic E-state index is 13.9. The zero-order valence-electron chi connectivity index (χ0n) is 27.0. The minimum absolute atomic E-state index is 0.0126. The molecule has 15 heteroatoms. The van der Waals surface area contributed by atoms with Crippen molar-refractivity contribution in [3.63, 3.8) is 0 Å².